The Hall–Kier alpha value is -3.91. The summed E-state index contributed by atoms with van der Waals surface area (Å²) in [6.07, 6.45) is 6.48. The van der Waals surface area contributed by atoms with E-state index in [1.54, 1.807) is 26.0 Å². The van der Waals surface area contributed by atoms with Crippen LogP contribution in [0.3, 0.4) is 0 Å². The maximum absolute atomic E-state index is 11.8. The van der Waals surface area contributed by atoms with Crippen molar-refractivity contribution < 1.29 is 28.7 Å². The zero-order valence-electron chi connectivity index (χ0n) is 20.8. The van der Waals surface area contributed by atoms with Crippen LogP contribution in [0.1, 0.15) is 25.0 Å². The minimum Gasteiger partial charge on any atom is -0.447 e. The Bertz CT molecular complexity index is 1090. The normalized spacial score (nSPS) is 18.3. The van der Waals surface area contributed by atoms with E-state index in [9.17, 15) is 19.2 Å². The number of benzene rings is 2. The number of alkyl carbamates (subject to hydrolysis) is 1. The fourth-order valence-electron chi connectivity index (χ4n) is 3.56. The molecule has 37 heavy (non-hydrogen) atoms. The molecule has 0 radical (unpaired) electrons. The van der Waals surface area contributed by atoms with Gasteiger partial charge in [0.05, 0.1) is 12.1 Å². The molecular formula is C28H31ClN2O6. The van der Waals surface area contributed by atoms with Gasteiger partial charge in [0.2, 0.25) is 5.24 Å². The van der Waals surface area contributed by atoms with Gasteiger partial charge in [-0.3, -0.25) is 9.59 Å². The number of nitrogens with zero attached hydrogens (tertiary/aromatic N) is 1. The predicted molar refractivity (Wildman–Crippen MR) is 141 cm³/mol. The van der Waals surface area contributed by atoms with Crippen molar-refractivity contribution in [1.29, 1.82) is 0 Å². The molecule has 9 heteroatoms. The van der Waals surface area contributed by atoms with Gasteiger partial charge in [-0.2, -0.15) is 0 Å². The van der Waals surface area contributed by atoms with Crippen LogP contribution in [0.4, 0.5) is 9.59 Å². The third-order valence-electron chi connectivity index (χ3n) is 5.18. The first-order valence-electron chi connectivity index (χ1n) is 11.8. The van der Waals surface area contributed by atoms with Gasteiger partial charge in [-0.1, -0.05) is 72.8 Å². The maximum Gasteiger partial charge on any atom is 0.417 e. The molecule has 8 nitrogen and oxygen atoms in total. The number of imide groups is 1. The Morgan fingerprint density at radius 3 is 1.92 bits per heavy atom. The lowest BCUT2D eigenvalue weighted by atomic mass is 10.1. The summed E-state index contributed by atoms with van der Waals surface area (Å²) < 4.78 is 9.74. The number of ether oxygens (including phenoxy) is 2. The lowest BCUT2D eigenvalue weighted by Gasteiger charge is -2.17. The Balaban J connectivity index is 0.000000221. The van der Waals surface area contributed by atoms with Crippen molar-refractivity contribution in [2.24, 2.45) is 0 Å². The molecule has 2 heterocycles. The Labute approximate surface area is 221 Å². The van der Waals surface area contributed by atoms with Crippen LogP contribution in [0.5, 0.6) is 0 Å². The van der Waals surface area contributed by atoms with Gasteiger partial charge >= 0.3 is 12.2 Å². The molecule has 1 N–H and O–H groups in total. The molecule has 0 aliphatic carbocycles. The van der Waals surface area contributed by atoms with Crippen LogP contribution >= 0.6 is 11.6 Å². The average molecular weight is 527 g/mol. The summed E-state index contributed by atoms with van der Waals surface area (Å²) in [6, 6.07) is 19.7. The molecule has 196 valence electrons. The molecule has 0 bridgehead atoms. The number of halogens is 1. The van der Waals surface area contributed by atoms with E-state index >= 15 is 0 Å². The first-order chi connectivity index (χ1) is 17.8. The predicted octanol–water partition coefficient (Wildman–Crippen LogP) is 4.82. The molecule has 2 fully saturated rings. The monoisotopic (exact) mass is 526 g/mol. The average Bonchev–Trinajstić information content (AvgIpc) is 3.45. The second-order valence-electron chi connectivity index (χ2n) is 8.06. The molecule has 0 saturated carbocycles. The number of allylic oxidation sites excluding steroid dienone is 3. The number of carbonyl (C=O) groups is 4. The molecule has 2 atom stereocenters. The first kappa shape index (κ1) is 29.3. The van der Waals surface area contributed by atoms with Crippen LogP contribution in [0.15, 0.2) is 85.0 Å². The largest absolute Gasteiger partial charge is 0.447 e. The van der Waals surface area contributed by atoms with E-state index in [1.165, 1.54) is 22.6 Å². The van der Waals surface area contributed by atoms with Crippen LogP contribution in [0, 0.1) is 0 Å². The van der Waals surface area contributed by atoms with Crippen molar-refractivity contribution in [3.8, 4) is 0 Å². The number of hydrogen-bond acceptors (Lipinski definition) is 6. The van der Waals surface area contributed by atoms with Gasteiger partial charge in [0.1, 0.15) is 13.2 Å². The molecule has 2 aliphatic rings. The standard InChI is InChI=1S/C14H15NO3.C10H11NO2.C4H5ClO/c1-2-6-13(16)15-12(10-18-14(15)17)9-11-7-4-3-5-8-11;12-10-11-9(7-13-10)6-8-4-2-1-3-5-8;1-2-3-4(5)6/h2-8,12H,9-10H2,1H3;1-5,9H,6-7H2,(H,11,12);2-3H,1H3/b6-2+;;3-2+/t12-;9-;/m00./s1. The minimum atomic E-state index is -0.556. The van der Waals surface area contributed by atoms with E-state index < -0.39 is 11.3 Å². The number of carbonyl (C=O) groups excluding carboxylic acids is 4. The minimum absolute atomic E-state index is 0.134. The Kier molecular flexibility index (Phi) is 12.6. The molecule has 0 unspecified atom stereocenters. The first-order valence-corrected chi connectivity index (χ1v) is 12.2. The van der Waals surface area contributed by atoms with Crippen LogP contribution in [0.25, 0.3) is 0 Å². The summed E-state index contributed by atoms with van der Waals surface area (Å²) in [4.78, 5) is 45.0. The van der Waals surface area contributed by atoms with Crippen molar-refractivity contribution in [2.45, 2.75) is 38.8 Å². The van der Waals surface area contributed by atoms with Gasteiger partial charge in [0.15, 0.2) is 0 Å². The highest BCUT2D eigenvalue weighted by molar-refractivity contribution is 6.66. The number of cyclic esters (lactones) is 2. The molecule has 3 amide bonds. The number of hydrogen-bond donors (Lipinski definition) is 1. The second-order valence-corrected chi connectivity index (χ2v) is 8.43. The van der Waals surface area contributed by atoms with Crippen molar-refractivity contribution in [1.82, 2.24) is 10.2 Å². The quantitative estimate of drug-likeness (QED) is 0.428. The number of nitrogens with one attached hydrogen (secondary N) is 1. The van der Waals surface area contributed by atoms with E-state index in [2.05, 4.69) is 5.32 Å². The number of amides is 3. The van der Waals surface area contributed by atoms with Gasteiger partial charge in [0, 0.05) is 0 Å². The highest BCUT2D eigenvalue weighted by Gasteiger charge is 2.36. The summed E-state index contributed by atoms with van der Waals surface area (Å²) in [5.74, 6) is -0.319. The van der Waals surface area contributed by atoms with E-state index in [0.717, 1.165) is 12.0 Å². The van der Waals surface area contributed by atoms with Crippen molar-refractivity contribution in [3.63, 3.8) is 0 Å². The molecule has 0 aromatic heterocycles. The molecule has 4 rings (SSSR count). The molecule has 2 aromatic carbocycles. The van der Waals surface area contributed by atoms with Gasteiger partial charge < -0.3 is 14.8 Å². The highest BCUT2D eigenvalue weighted by Crippen LogP contribution is 2.17. The third kappa shape index (κ3) is 10.7. The maximum atomic E-state index is 11.8. The van der Waals surface area contributed by atoms with Crippen molar-refractivity contribution in [3.05, 3.63) is 96.1 Å². The molecule has 2 saturated heterocycles. The van der Waals surface area contributed by atoms with E-state index in [-0.39, 0.29) is 30.7 Å². The summed E-state index contributed by atoms with van der Waals surface area (Å²) >= 11 is 4.85. The zero-order valence-corrected chi connectivity index (χ0v) is 21.6. The molecular weight excluding hydrogens is 496 g/mol. The van der Waals surface area contributed by atoms with Gasteiger partial charge in [-0.25, -0.2) is 14.5 Å². The Morgan fingerprint density at radius 2 is 1.46 bits per heavy atom. The summed E-state index contributed by atoms with van der Waals surface area (Å²) in [5, 5.41) is 2.32. The van der Waals surface area contributed by atoms with Crippen LogP contribution < -0.4 is 5.32 Å². The van der Waals surface area contributed by atoms with E-state index in [0.29, 0.717) is 13.0 Å². The van der Waals surface area contributed by atoms with E-state index in [1.807, 2.05) is 60.7 Å². The SMILES string of the molecule is C/C=C/C(=O)Cl.C/C=C/C(=O)N1C(=O)OC[C@@H]1Cc1ccccc1.O=C1N[C@@H](Cc2ccccc2)CO1. The van der Waals surface area contributed by atoms with Crippen LogP contribution in [0.2, 0.25) is 0 Å². The fraction of sp³-hybridized carbons (Fsp3) is 0.286. The Morgan fingerprint density at radius 1 is 0.892 bits per heavy atom. The van der Waals surface area contributed by atoms with Crippen molar-refractivity contribution in [2.75, 3.05) is 13.2 Å². The van der Waals surface area contributed by atoms with Crippen LogP contribution in [-0.2, 0) is 31.9 Å². The topological polar surface area (TPSA) is 102 Å². The summed E-state index contributed by atoms with van der Waals surface area (Å²) in [6.45, 7) is 4.22. The zero-order chi connectivity index (χ0) is 27.0. The number of rotatable bonds is 6. The van der Waals surface area contributed by atoms with Crippen LogP contribution in [-0.4, -0.2) is 53.5 Å². The fourth-order valence-corrected chi connectivity index (χ4v) is 3.68. The summed E-state index contributed by atoms with van der Waals surface area (Å²) in [7, 11) is 0. The lowest BCUT2D eigenvalue weighted by Crippen LogP contribution is -2.39. The van der Waals surface area contributed by atoms with Gasteiger partial charge in [-0.05, 0) is 61.6 Å². The summed E-state index contributed by atoms with van der Waals surface area (Å²) in [5.41, 5.74) is 2.30. The lowest BCUT2D eigenvalue weighted by molar-refractivity contribution is -0.124. The molecule has 2 aliphatic heterocycles. The van der Waals surface area contributed by atoms with Gasteiger partial charge in [-0.15, -0.1) is 0 Å². The molecule has 2 aromatic rings. The van der Waals surface area contributed by atoms with Crippen molar-refractivity contribution >= 4 is 34.9 Å². The van der Waals surface area contributed by atoms with Gasteiger partial charge in [0.25, 0.3) is 5.91 Å². The third-order valence-corrected chi connectivity index (χ3v) is 5.31. The smallest absolute Gasteiger partial charge is 0.417 e. The van der Waals surface area contributed by atoms with E-state index in [4.69, 9.17) is 21.1 Å². The highest BCUT2D eigenvalue weighted by atomic mass is 35.5. The molecule has 0 spiro atoms. The second kappa shape index (κ2) is 16.0.